The van der Waals surface area contributed by atoms with Crippen LogP contribution in [0.4, 0.5) is 5.69 Å². The summed E-state index contributed by atoms with van der Waals surface area (Å²) in [5, 5.41) is 2.73. The number of nitrogens with one attached hydrogen (secondary N) is 1. The number of benzene rings is 1. The Labute approximate surface area is 133 Å². The SMILES string of the molecule is CCOC(=O)c1cccc(NC(=O)/C=C/c2ccc(C)s2)c1. The highest BCUT2D eigenvalue weighted by molar-refractivity contribution is 7.12. The Morgan fingerprint density at radius 1 is 1.27 bits per heavy atom. The number of carbonyl (C=O) groups excluding carboxylic acids is 2. The minimum atomic E-state index is -0.400. The van der Waals surface area contributed by atoms with Gasteiger partial charge in [-0.25, -0.2) is 4.79 Å². The fourth-order valence-corrected chi connectivity index (χ4v) is 2.60. The number of esters is 1. The van der Waals surface area contributed by atoms with E-state index in [1.807, 2.05) is 19.1 Å². The standard InChI is InChI=1S/C17H17NO3S/c1-3-21-17(20)13-5-4-6-14(11-13)18-16(19)10-9-15-8-7-12(2)22-15/h4-11H,3H2,1-2H3,(H,18,19)/b10-9+. The molecular weight excluding hydrogens is 298 g/mol. The molecule has 22 heavy (non-hydrogen) atoms. The van der Waals surface area contributed by atoms with Gasteiger partial charge in [0.1, 0.15) is 0 Å². The van der Waals surface area contributed by atoms with Gasteiger partial charge < -0.3 is 10.1 Å². The lowest BCUT2D eigenvalue weighted by atomic mass is 10.2. The summed E-state index contributed by atoms with van der Waals surface area (Å²) < 4.78 is 4.93. The van der Waals surface area contributed by atoms with Gasteiger partial charge in [-0.1, -0.05) is 6.07 Å². The molecule has 0 aliphatic heterocycles. The van der Waals surface area contributed by atoms with Crippen molar-refractivity contribution >= 4 is 35.0 Å². The number of carbonyl (C=O) groups is 2. The molecule has 2 rings (SSSR count). The molecule has 1 aromatic carbocycles. The van der Waals surface area contributed by atoms with Crippen molar-refractivity contribution in [3.8, 4) is 0 Å². The number of hydrogen-bond donors (Lipinski definition) is 1. The molecule has 1 amide bonds. The predicted molar refractivity (Wildman–Crippen MR) is 89.1 cm³/mol. The van der Waals surface area contributed by atoms with E-state index >= 15 is 0 Å². The lowest BCUT2D eigenvalue weighted by Gasteiger charge is -2.05. The van der Waals surface area contributed by atoms with E-state index in [0.29, 0.717) is 17.9 Å². The minimum absolute atomic E-state index is 0.243. The number of anilines is 1. The maximum absolute atomic E-state index is 11.9. The third-order valence-corrected chi connectivity index (χ3v) is 3.77. The number of thiophene rings is 1. The summed E-state index contributed by atoms with van der Waals surface area (Å²) in [6.07, 6.45) is 3.24. The van der Waals surface area contributed by atoms with Crippen molar-refractivity contribution in [2.24, 2.45) is 0 Å². The number of aryl methyl sites for hydroxylation is 1. The summed E-state index contributed by atoms with van der Waals surface area (Å²) in [4.78, 5) is 25.8. The second kappa shape index (κ2) is 7.56. The molecule has 0 bridgehead atoms. The molecule has 0 atom stereocenters. The highest BCUT2D eigenvalue weighted by atomic mass is 32.1. The first-order chi connectivity index (χ1) is 10.6. The van der Waals surface area contributed by atoms with E-state index in [2.05, 4.69) is 5.32 Å². The Bertz CT molecular complexity index is 703. The van der Waals surface area contributed by atoms with Crippen LogP contribution in [0.1, 0.15) is 27.0 Å². The molecule has 0 spiro atoms. The summed E-state index contributed by atoms with van der Waals surface area (Å²) in [7, 11) is 0. The quantitative estimate of drug-likeness (QED) is 0.673. The predicted octanol–water partition coefficient (Wildman–Crippen LogP) is 3.89. The highest BCUT2D eigenvalue weighted by Gasteiger charge is 2.07. The van der Waals surface area contributed by atoms with Gasteiger partial charge in [-0.3, -0.25) is 4.79 Å². The zero-order chi connectivity index (χ0) is 15.9. The van der Waals surface area contributed by atoms with Crippen molar-refractivity contribution in [1.29, 1.82) is 0 Å². The zero-order valence-electron chi connectivity index (χ0n) is 12.5. The molecule has 2 aromatic rings. The van der Waals surface area contributed by atoms with Crippen LogP contribution >= 0.6 is 11.3 Å². The van der Waals surface area contributed by atoms with Gasteiger partial charge in [-0.2, -0.15) is 0 Å². The van der Waals surface area contributed by atoms with Crippen LogP contribution in [0.3, 0.4) is 0 Å². The number of ether oxygens (including phenoxy) is 1. The van der Waals surface area contributed by atoms with Gasteiger partial charge in [0.25, 0.3) is 0 Å². The van der Waals surface area contributed by atoms with Gasteiger partial charge in [0.15, 0.2) is 0 Å². The van der Waals surface area contributed by atoms with Crippen LogP contribution in [0.5, 0.6) is 0 Å². The molecule has 0 saturated carbocycles. The molecule has 4 nitrogen and oxygen atoms in total. The first kappa shape index (κ1) is 16.0. The second-order valence-electron chi connectivity index (χ2n) is 4.57. The monoisotopic (exact) mass is 315 g/mol. The van der Waals surface area contributed by atoms with Crippen LogP contribution in [-0.2, 0) is 9.53 Å². The molecule has 0 aliphatic carbocycles. The fourth-order valence-electron chi connectivity index (χ4n) is 1.82. The van der Waals surface area contributed by atoms with Crippen molar-refractivity contribution in [3.05, 3.63) is 57.8 Å². The Kier molecular flexibility index (Phi) is 5.49. The summed E-state index contributed by atoms with van der Waals surface area (Å²) in [5.74, 6) is -0.643. The molecule has 0 saturated heterocycles. The summed E-state index contributed by atoms with van der Waals surface area (Å²) >= 11 is 1.62. The van der Waals surface area contributed by atoms with E-state index in [9.17, 15) is 9.59 Å². The average molecular weight is 315 g/mol. The van der Waals surface area contributed by atoms with Crippen molar-refractivity contribution in [3.63, 3.8) is 0 Å². The number of rotatable bonds is 5. The Balaban J connectivity index is 2.01. The topological polar surface area (TPSA) is 55.4 Å². The van der Waals surface area contributed by atoms with Gasteiger partial charge in [0, 0.05) is 21.5 Å². The van der Waals surface area contributed by atoms with E-state index in [1.54, 1.807) is 48.6 Å². The van der Waals surface area contributed by atoms with Gasteiger partial charge in [0.2, 0.25) is 5.91 Å². The van der Waals surface area contributed by atoms with Gasteiger partial charge in [-0.15, -0.1) is 11.3 Å². The van der Waals surface area contributed by atoms with E-state index in [0.717, 1.165) is 4.88 Å². The fraction of sp³-hybridized carbons (Fsp3) is 0.176. The Morgan fingerprint density at radius 3 is 2.77 bits per heavy atom. The molecule has 0 aliphatic rings. The molecule has 1 heterocycles. The lowest BCUT2D eigenvalue weighted by Crippen LogP contribution is -2.09. The lowest BCUT2D eigenvalue weighted by molar-refractivity contribution is -0.111. The Hall–Kier alpha value is -2.40. The minimum Gasteiger partial charge on any atom is -0.462 e. The Morgan fingerprint density at radius 2 is 2.09 bits per heavy atom. The molecule has 114 valence electrons. The third-order valence-electron chi connectivity index (χ3n) is 2.80. The molecule has 1 N–H and O–H groups in total. The summed E-state index contributed by atoms with van der Waals surface area (Å²) in [6, 6.07) is 10.6. The van der Waals surface area contributed by atoms with Crippen LogP contribution < -0.4 is 5.32 Å². The van der Waals surface area contributed by atoms with E-state index in [-0.39, 0.29) is 5.91 Å². The van der Waals surface area contributed by atoms with Crippen LogP contribution in [0, 0.1) is 6.92 Å². The molecule has 1 aromatic heterocycles. The average Bonchev–Trinajstić information content (AvgIpc) is 2.91. The first-order valence-corrected chi connectivity index (χ1v) is 7.73. The van der Waals surface area contributed by atoms with Crippen molar-refractivity contribution < 1.29 is 14.3 Å². The van der Waals surface area contributed by atoms with Crippen LogP contribution in [0.15, 0.2) is 42.5 Å². The zero-order valence-corrected chi connectivity index (χ0v) is 13.3. The van der Waals surface area contributed by atoms with E-state index in [1.165, 1.54) is 11.0 Å². The van der Waals surface area contributed by atoms with Crippen LogP contribution in [0.2, 0.25) is 0 Å². The normalized spacial score (nSPS) is 10.6. The smallest absolute Gasteiger partial charge is 0.338 e. The van der Waals surface area contributed by atoms with Gasteiger partial charge >= 0.3 is 5.97 Å². The second-order valence-corrected chi connectivity index (χ2v) is 5.89. The summed E-state index contributed by atoms with van der Waals surface area (Å²) in [6.45, 7) is 4.09. The highest BCUT2D eigenvalue weighted by Crippen LogP contribution is 2.17. The van der Waals surface area contributed by atoms with Gasteiger partial charge in [-0.05, 0) is 50.3 Å². The van der Waals surface area contributed by atoms with Crippen molar-refractivity contribution in [2.75, 3.05) is 11.9 Å². The van der Waals surface area contributed by atoms with Crippen LogP contribution in [0.25, 0.3) is 6.08 Å². The van der Waals surface area contributed by atoms with Gasteiger partial charge in [0.05, 0.1) is 12.2 Å². The maximum atomic E-state index is 11.9. The maximum Gasteiger partial charge on any atom is 0.338 e. The molecule has 5 heteroatoms. The molecular formula is C17H17NO3S. The largest absolute Gasteiger partial charge is 0.462 e. The molecule has 0 fully saturated rings. The van der Waals surface area contributed by atoms with E-state index in [4.69, 9.17) is 4.74 Å². The first-order valence-electron chi connectivity index (χ1n) is 6.91. The summed E-state index contributed by atoms with van der Waals surface area (Å²) in [5.41, 5.74) is 0.972. The number of amides is 1. The van der Waals surface area contributed by atoms with Crippen molar-refractivity contribution in [2.45, 2.75) is 13.8 Å². The van der Waals surface area contributed by atoms with Crippen molar-refractivity contribution in [1.82, 2.24) is 0 Å². The van der Waals surface area contributed by atoms with Crippen LogP contribution in [-0.4, -0.2) is 18.5 Å². The number of hydrogen-bond acceptors (Lipinski definition) is 4. The van der Waals surface area contributed by atoms with E-state index < -0.39 is 5.97 Å². The molecule has 0 unspecified atom stereocenters. The third kappa shape index (κ3) is 4.56. The molecule has 0 radical (unpaired) electrons.